The zero-order valence-electron chi connectivity index (χ0n) is 18.7. The van der Waals surface area contributed by atoms with Crippen LogP contribution in [-0.4, -0.2) is 14.7 Å². The van der Waals surface area contributed by atoms with Crippen molar-refractivity contribution in [1.29, 1.82) is 0 Å². The Bertz CT molecular complexity index is 1630. The van der Waals surface area contributed by atoms with Gasteiger partial charge in [0.25, 0.3) is 5.56 Å². The van der Waals surface area contributed by atoms with Crippen molar-refractivity contribution in [3.63, 3.8) is 0 Å². The number of nitrogens with two attached hydrogens (primary N) is 1. The molecule has 0 fully saturated rings. The highest BCUT2D eigenvalue weighted by molar-refractivity contribution is 6.31. The quantitative estimate of drug-likeness (QED) is 0.327. The number of aryl methyl sites for hydroxylation is 1. The van der Waals surface area contributed by atoms with Crippen LogP contribution in [0.5, 0.6) is 0 Å². The molecule has 0 saturated heterocycles. The van der Waals surface area contributed by atoms with Gasteiger partial charge in [-0.2, -0.15) is 0 Å². The van der Waals surface area contributed by atoms with E-state index < -0.39 is 5.60 Å². The first kappa shape index (κ1) is 23.1. The summed E-state index contributed by atoms with van der Waals surface area (Å²) in [6.07, 6.45) is 3.14. The van der Waals surface area contributed by atoms with Gasteiger partial charge in [-0.05, 0) is 64.7 Å². The van der Waals surface area contributed by atoms with Gasteiger partial charge in [0.15, 0.2) is 0 Å². The number of anilines is 1. The van der Waals surface area contributed by atoms with E-state index in [2.05, 4.69) is 4.98 Å². The first-order valence-electron chi connectivity index (χ1n) is 10.9. The molecule has 0 saturated carbocycles. The van der Waals surface area contributed by atoms with Crippen LogP contribution in [0.3, 0.4) is 0 Å². The molecular weight excluding hydrogens is 481 g/mol. The van der Waals surface area contributed by atoms with Gasteiger partial charge in [0.1, 0.15) is 5.60 Å². The van der Waals surface area contributed by atoms with Gasteiger partial charge in [0, 0.05) is 52.2 Å². The van der Waals surface area contributed by atoms with E-state index in [1.807, 2.05) is 30.3 Å². The zero-order chi connectivity index (χ0) is 24.7. The topological polar surface area (TPSA) is 81.1 Å². The van der Waals surface area contributed by atoms with Crippen molar-refractivity contribution < 1.29 is 5.11 Å². The van der Waals surface area contributed by atoms with Crippen LogP contribution in [0.2, 0.25) is 10.0 Å². The van der Waals surface area contributed by atoms with Gasteiger partial charge in [0.05, 0.1) is 5.52 Å². The molecule has 5 aromatic rings. The molecule has 35 heavy (non-hydrogen) atoms. The minimum atomic E-state index is -1.63. The molecule has 0 aliphatic rings. The molecule has 3 aromatic carbocycles. The predicted octanol–water partition coefficient (Wildman–Crippen LogP) is 5.77. The summed E-state index contributed by atoms with van der Waals surface area (Å²) in [6.45, 7) is 0. The molecule has 1 atom stereocenters. The second-order valence-electron chi connectivity index (χ2n) is 8.38. The predicted molar refractivity (Wildman–Crippen MR) is 142 cm³/mol. The van der Waals surface area contributed by atoms with Gasteiger partial charge < -0.3 is 15.4 Å². The number of nitrogen functional groups attached to an aromatic ring is 1. The lowest BCUT2D eigenvalue weighted by Gasteiger charge is -2.31. The molecule has 5 rings (SSSR count). The molecule has 1 unspecified atom stereocenters. The molecule has 2 heterocycles. The van der Waals surface area contributed by atoms with E-state index in [0.29, 0.717) is 43.5 Å². The van der Waals surface area contributed by atoms with Crippen molar-refractivity contribution in [2.24, 2.45) is 7.05 Å². The number of aromatic nitrogens is 2. The molecule has 0 aliphatic heterocycles. The maximum atomic E-state index is 12.8. The van der Waals surface area contributed by atoms with Crippen LogP contribution < -0.4 is 11.3 Å². The van der Waals surface area contributed by atoms with E-state index in [9.17, 15) is 9.90 Å². The first-order chi connectivity index (χ1) is 16.8. The van der Waals surface area contributed by atoms with Gasteiger partial charge in [-0.25, -0.2) is 0 Å². The molecule has 174 valence electrons. The normalized spacial score (nSPS) is 13.0. The monoisotopic (exact) mass is 501 g/mol. The number of benzene rings is 3. The Morgan fingerprint density at radius 1 is 0.914 bits per heavy atom. The van der Waals surface area contributed by atoms with Crippen molar-refractivity contribution >= 4 is 39.8 Å². The Labute approximate surface area is 212 Å². The highest BCUT2D eigenvalue weighted by Gasteiger charge is 2.36. The molecule has 0 aliphatic carbocycles. The van der Waals surface area contributed by atoms with Crippen LogP contribution in [0.1, 0.15) is 16.7 Å². The Balaban J connectivity index is 1.85. The average Bonchev–Trinajstić information content (AvgIpc) is 2.86. The van der Waals surface area contributed by atoms with E-state index >= 15 is 0 Å². The summed E-state index contributed by atoms with van der Waals surface area (Å²) in [4.78, 5) is 17.0. The lowest BCUT2D eigenvalue weighted by molar-refractivity contribution is 0.126. The summed E-state index contributed by atoms with van der Waals surface area (Å²) in [7, 11) is 1.72. The number of nitrogens with zero attached hydrogens (tertiary/aromatic N) is 2. The van der Waals surface area contributed by atoms with Crippen molar-refractivity contribution in [3.05, 3.63) is 128 Å². The fourth-order valence-electron chi connectivity index (χ4n) is 4.46. The number of fused-ring (bicyclic) bond motifs is 1. The third kappa shape index (κ3) is 3.98. The van der Waals surface area contributed by atoms with Crippen LogP contribution in [0.25, 0.3) is 22.0 Å². The van der Waals surface area contributed by atoms with Gasteiger partial charge in [-0.3, -0.25) is 9.78 Å². The van der Waals surface area contributed by atoms with Crippen molar-refractivity contribution in [2.75, 3.05) is 5.73 Å². The summed E-state index contributed by atoms with van der Waals surface area (Å²) in [5.74, 6) is 0. The maximum Gasteiger partial charge on any atom is 0.251 e. The summed E-state index contributed by atoms with van der Waals surface area (Å²) in [6, 6.07) is 23.0. The fraction of sp³-hybridized carbons (Fsp3) is 0.0714. The number of pyridine rings is 2. The van der Waals surface area contributed by atoms with Crippen LogP contribution >= 0.6 is 23.2 Å². The van der Waals surface area contributed by atoms with Crippen molar-refractivity contribution in [3.8, 4) is 11.1 Å². The number of halogens is 2. The average molecular weight is 502 g/mol. The Morgan fingerprint density at radius 3 is 2.37 bits per heavy atom. The lowest BCUT2D eigenvalue weighted by Crippen LogP contribution is -2.30. The molecular formula is C28H21Cl2N3O2. The summed E-state index contributed by atoms with van der Waals surface area (Å²) in [5.41, 5.74) is 8.75. The number of hydrogen-bond acceptors (Lipinski definition) is 4. The van der Waals surface area contributed by atoms with E-state index in [1.165, 1.54) is 0 Å². The van der Waals surface area contributed by atoms with Crippen LogP contribution in [0.15, 0.2) is 96.1 Å². The third-order valence-electron chi connectivity index (χ3n) is 6.31. The largest absolute Gasteiger partial charge is 0.398 e. The Hall–Kier alpha value is -3.64. The van der Waals surface area contributed by atoms with E-state index in [-0.39, 0.29) is 5.56 Å². The standard InChI is InChI=1S/C28H21Cl2N3O2/c1-33-26-10-7-19(14-23(26)22(15-27(33)34)17-3-2-4-21(30)13-17)28(35,18-5-8-20(29)9-6-18)24-16-32-12-11-25(24)31/h2-16,35H,1H3,(H2,31,32). The minimum Gasteiger partial charge on any atom is -0.398 e. The smallest absolute Gasteiger partial charge is 0.251 e. The van der Waals surface area contributed by atoms with E-state index in [0.717, 1.165) is 10.9 Å². The van der Waals surface area contributed by atoms with E-state index in [4.69, 9.17) is 28.9 Å². The molecule has 5 nitrogen and oxygen atoms in total. The highest BCUT2D eigenvalue weighted by Crippen LogP contribution is 2.41. The molecule has 2 aromatic heterocycles. The van der Waals surface area contributed by atoms with Crippen molar-refractivity contribution in [1.82, 2.24) is 9.55 Å². The SMILES string of the molecule is Cn1c(=O)cc(-c2cccc(Cl)c2)c2cc(C(O)(c3ccc(Cl)cc3)c3cnccc3N)ccc21. The second kappa shape index (κ2) is 8.86. The lowest BCUT2D eigenvalue weighted by atomic mass is 9.79. The number of aliphatic hydroxyl groups is 1. The van der Waals surface area contributed by atoms with Gasteiger partial charge >= 0.3 is 0 Å². The van der Waals surface area contributed by atoms with Gasteiger partial charge in [-0.1, -0.05) is 53.5 Å². The maximum absolute atomic E-state index is 12.8. The van der Waals surface area contributed by atoms with Crippen LogP contribution in [-0.2, 0) is 12.6 Å². The third-order valence-corrected chi connectivity index (χ3v) is 6.79. The van der Waals surface area contributed by atoms with Crippen LogP contribution in [0, 0.1) is 0 Å². The molecule has 0 bridgehead atoms. The second-order valence-corrected chi connectivity index (χ2v) is 9.25. The number of hydrogen-bond donors (Lipinski definition) is 2. The summed E-state index contributed by atoms with van der Waals surface area (Å²) in [5, 5.41) is 14.2. The van der Waals surface area contributed by atoms with Crippen LogP contribution in [0.4, 0.5) is 5.69 Å². The van der Waals surface area contributed by atoms with Crippen molar-refractivity contribution in [2.45, 2.75) is 5.60 Å². The molecule has 0 radical (unpaired) electrons. The Kier molecular flexibility index (Phi) is 5.85. The molecule has 3 N–H and O–H groups in total. The first-order valence-corrected chi connectivity index (χ1v) is 11.6. The van der Waals surface area contributed by atoms with Gasteiger partial charge in [0.2, 0.25) is 0 Å². The molecule has 0 amide bonds. The minimum absolute atomic E-state index is 0.148. The zero-order valence-corrected chi connectivity index (χ0v) is 20.3. The fourth-order valence-corrected chi connectivity index (χ4v) is 4.77. The molecule has 7 heteroatoms. The van der Waals surface area contributed by atoms with E-state index in [1.54, 1.807) is 72.5 Å². The summed E-state index contributed by atoms with van der Waals surface area (Å²) < 4.78 is 1.58. The highest BCUT2D eigenvalue weighted by atomic mass is 35.5. The number of rotatable bonds is 4. The van der Waals surface area contributed by atoms with Gasteiger partial charge in [-0.15, -0.1) is 0 Å². The molecule has 0 spiro atoms. The Morgan fingerprint density at radius 2 is 1.66 bits per heavy atom. The summed E-state index contributed by atoms with van der Waals surface area (Å²) >= 11 is 12.4.